The molecule has 4 unspecified atom stereocenters. The molecular formula is C29H51N. The fourth-order valence-corrected chi connectivity index (χ4v) is 9.15. The third-order valence-corrected chi connectivity index (χ3v) is 10.8. The minimum atomic E-state index is 0.511. The largest absolute Gasteiger partial charge is 0.314 e. The van der Waals surface area contributed by atoms with Gasteiger partial charge in [-0.05, 0) is 104 Å². The van der Waals surface area contributed by atoms with Gasteiger partial charge in [-0.25, -0.2) is 0 Å². The van der Waals surface area contributed by atoms with E-state index in [1.54, 1.807) is 0 Å². The molecule has 4 aliphatic rings. The van der Waals surface area contributed by atoms with E-state index >= 15 is 0 Å². The van der Waals surface area contributed by atoms with E-state index < -0.39 is 0 Å². The molecule has 0 aromatic rings. The molecule has 3 saturated carbocycles. The van der Waals surface area contributed by atoms with Gasteiger partial charge in [-0.2, -0.15) is 0 Å². The molecule has 8 atom stereocenters. The van der Waals surface area contributed by atoms with Gasteiger partial charge in [0.15, 0.2) is 0 Å². The fraction of sp³-hybridized carbons (Fsp3) is 0.931. The zero-order chi connectivity index (χ0) is 21.5. The summed E-state index contributed by atoms with van der Waals surface area (Å²) in [5.74, 6) is 5.71. The van der Waals surface area contributed by atoms with Crippen LogP contribution in [-0.4, -0.2) is 12.6 Å². The van der Waals surface area contributed by atoms with Crippen LogP contribution in [0.1, 0.15) is 112 Å². The van der Waals surface area contributed by atoms with Crippen LogP contribution in [0.15, 0.2) is 11.6 Å². The summed E-state index contributed by atoms with van der Waals surface area (Å²) in [6.45, 7) is 16.2. The molecular weight excluding hydrogens is 362 g/mol. The van der Waals surface area contributed by atoms with Gasteiger partial charge >= 0.3 is 0 Å². The van der Waals surface area contributed by atoms with E-state index in [1.165, 1.54) is 70.6 Å². The van der Waals surface area contributed by atoms with Crippen LogP contribution in [0.3, 0.4) is 0 Å². The van der Waals surface area contributed by atoms with Gasteiger partial charge in [0.25, 0.3) is 0 Å². The molecule has 1 nitrogen and oxygen atoms in total. The van der Waals surface area contributed by atoms with Crippen molar-refractivity contribution in [1.29, 1.82) is 0 Å². The highest BCUT2D eigenvalue weighted by Gasteiger charge is 2.59. The maximum atomic E-state index is 3.75. The highest BCUT2D eigenvalue weighted by Crippen LogP contribution is 2.67. The summed E-state index contributed by atoms with van der Waals surface area (Å²) in [4.78, 5) is 0. The zero-order valence-corrected chi connectivity index (χ0v) is 21.1. The lowest BCUT2D eigenvalue weighted by Gasteiger charge is -2.58. The quantitative estimate of drug-likeness (QED) is 0.417. The number of hydrogen-bond acceptors (Lipinski definition) is 1. The first-order valence-electron chi connectivity index (χ1n) is 13.7. The second kappa shape index (κ2) is 8.92. The average molecular weight is 414 g/mol. The van der Waals surface area contributed by atoms with Crippen molar-refractivity contribution in [1.82, 2.24) is 5.32 Å². The maximum Gasteiger partial charge on any atom is 0.0105 e. The fourth-order valence-electron chi connectivity index (χ4n) is 9.15. The van der Waals surface area contributed by atoms with Crippen LogP contribution in [0, 0.1) is 46.3 Å². The van der Waals surface area contributed by atoms with Crippen LogP contribution in [-0.2, 0) is 0 Å². The van der Waals surface area contributed by atoms with Gasteiger partial charge in [0.2, 0.25) is 0 Å². The molecule has 0 aromatic carbocycles. The standard InChI is InChI=1S/C29H51N/c1-7-30-23-15-17-28(5)22(19-23)11-12-24-26-14-13-25(21(4)10-8-9-20(2)3)29(26,6)18-16-27(24)28/h11,20-21,23-27,30H,7-10,12-19H2,1-6H3/t21-,23?,24?,25-,26?,27?,28+,29-/m1/s1. The molecule has 0 saturated heterocycles. The van der Waals surface area contributed by atoms with Gasteiger partial charge < -0.3 is 5.32 Å². The second-order valence-electron chi connectivity index (χ2n) is 12.8. The van der Waals surface area contributed by atoms with Gasteiger partial charge in [0, 0.05) is 6.04 Å². The van der Waals surface area contributed by atoms with Crippen molar-refractivity contribution in [3.8, 4) is 0 Å². The van der Waals surface area contributed by atoms with Crippen LogP contribution < -0.4 is 5.32 Å². The van der Waals surface area contributed by atoms with Crippen LogP contribution in [0.5, 0.6) is 0 Å². The summed E-state index contributed by atoms with van der Waals surface area (Å²) in [6.07, 6.45) is 18.7. The summed E-state index contributed by atoms with van der Waals surface area (Å²) in [7, 11) is 0. The number of hydrogen-bond donors (Lipinski definition) is 1. The van der Waals surface area contributed by atoms with Gasteiger partial charge in [0.1, 0.15) is 0 Å². The van der Waals surface area contributed by atoms with Crippen molar-refractivity contribution < 1.29 is 0 Å². The monoisotopic (exact) mass is 413 g/mol. The van der Waals surface area contributed by atoms with Gasteiger partial charge in [-0.1, -0.05) is 72.5 Å². The predicted octanol–water partition coefficient (Wildman–Crippen LogP) is 8.01. The number of nitrogens with one attached hydrogen (secondary N) is 1. The highest BCUT2D eigenvalue weighted by molar-refractivity contribution is 5.26. The Hall–Kier alpha value is -0.300. The normalized spacial score (nSPS) is 44.2. The topological polar surface area (TPSA) is 12.0 Å². The van der Waals surface area contributed by atoms with E-state index in [1.807, 2.05) is 5.57 Å². The first-order valence-corrected chi connectivity index (χ1v) is 13.7. The zero-order valence-electron chi connectivity index (χ0n) is 21.1. The third kappa shape index (κ3) is 3.95. The Bertz CT molecular complexity index is 620. The van der Waals surface area contributed by atoms with Crippen molar-refractivity contribution in [2.45, 2.75) is 118 Å². The molecule has 0 bridgehead atoms. The lowest BCUT2D eigenvalue weighted by atomic mass is 9.47. The summed E-state index contributed by atoms with van der Waals surface area (Å²) >= 11 is 0. The molecule has 0 aliphatic heterocycles. The van der Waals surface area contributed by atoms with Crippen molar-refractivity contribution in [2.24, 2.45) is 46.3 Å². The molecule has 0 heterocycles. The van der Waals surface area contributed by atoms with Crippen LogP contribution >= 0.6 is 0 Å². The molecule has 30 heavy (non-hydrogen) atoms. The SMILES string of the molecule is CCNC1CC[C@@]2(C)C(=CCC3C2CC[C@@]2(C)C3CC[C@@H]2[C@H](C)CCCC(C)C)C1. The molecule has 172 valence electrons. The van der Waals surface area contributed by atoms with Gasteiger partial charge in [-0.3, -0.25) is 0 Å². The first-order chi connectivity index (χ1) is 14.3. The molecule has 0 radical (unpaired) electrons. The van der Waals surface area contributed by atoms with Crippen molar-refractivity contribution in [3.05, 3.63) is 11.6 Å². The highest BCUT2D eigenvalue weighted by atomic mass is 14.9. The van der Waals surface area contributed by atoms with E-state index in [4.69, 9.17) is 0 Å². The van der Waals surface area contributed by atoms with Crippen LogP contribution in [0.25, 0.3) is 0 Å². The third-order valence-electron chi connectivity index (χ3n) is 10.8. The van der Waals surface area contributed by atoms with Crippen molar-refractivity contribution >= 4 is 0 Å². The first kappa shape index (κ1) is 22.9. The summed E-state index contributed by atoms with van der Waals surface area (Å²) in [5, 5.41) is 3.75. The molecule has 4 aliphatic carbocycles. The van der Waals surface area contributed by atoms with Crippen LogP contribution in [0.2, 0.25) is 0 Å². The lowest BCUT2D eigenvalue weighted by Crippen LogP contribution is -2.51. The van der Waals surface area contributed by atoms with E-state index in [2.05, 4.69) is 52.9 Å². The Labute approximate surface area is 188 Å². The summed E-state index contributed by atoms with van der Waals surface area (Å²) in [5.41, 5.74) is 2.97. The average Bonchev–Trinajstić information content (AvgIpc) is 3.05. The number of fused-ring (bicyclic) bond motifs is 5. The molecule has 1 N–H and O–H groups in total. The number of rotatable bonds is 7. The molecule has 0 amide bonds. The Morgan fingerprint density at radius 3 is 2.53 bits per heavy atom. The Balaban J connectivity index is 1.47. The Morgan fingerprint density at radius 2 is 1.80 bits per heavy atom. The predicted molar refractivity (Wildman–Crippen MR) is 131 cm³/mol. The van der Waals surface area contributed by atoms with Gasteiger partial charge in [0.05, 0.1) is 0 Å². The molecule has 4 rings (SSSR count). The maximum absolute atomic E-state index is 3.75. The smallest absolute Gasteiger partial charge is 0.0105 e. The second-order valence-corrected chi connectivity index (χ2v) is 12.8. The summed E-state index contributed by atoms with van der Waals surface area (Å²) < 4.78 is 0. The van der Waals surface area contributed by atoms with E-state index in [9.17, 15) is 0 Å². The van der Waals surface area contributed by atoms with E-state index in [0.717, 1.165) is 48.1 Å². The van der Waals surface area contributed by atoms with Crippen LogP contribution in [0.4, 0.5) is 0 Å². The Morgan fingerprint density at radius 1 is 1.00 bits per heavy atom. The molecule has 0 aromatic heterocycles. The van der Waals surface area contributed by atoms with Gasteiger partial charge in [-0.15, -0.1) is 0 Å². The number of allylic oxidation sites excluding steroid dienone is 1. The lowest BCUT2D eigenvalue weighted by molar-refractivity contribution is -0.0514. The molecule has 0 spiro atoms. The molecule has 3 fully saturated rings. The Kier molecular flexibility index (Phi) is 6.80. The minimum absolute atomic E-state index is 0.511. The van der Waals surface area contributed by atoms with E-state index in [-0.39, 0.29) is 0 Å². The minimum Gasteiger partial charge on any atom is -0.314 e. The van der Waals surface area contributed by atoms with Crippen molar-refractivity contribution in [3.63, 3.8) is 0 Å². The van der Waals surface area contributed by atoms with E-state index in [0.29, 0.717) is 10.8 Å². The molecule has 1 heteroatoms. The summed E-state index contributed by atoms with van der Waals surface area (Å²) in [6, 6.07) is 0.738. The van der Waals surface area contributed by atoms with Crippen molar-refractivity contribution in [2.75, 3.05) is 6.54 Å².